The van der Waals surface area contributed by atoms with E-state index in [-0.39, 0.29) is 5.56 Å². The number of nitrogens with zero attached hydrogens (tertiary/aromatic N) is 2. The molecular weight excluding hydrogens is 284 g/mol. The van der Waals surface area contributed by atoms with Gasteiger partial charge in [-0.25, -0.2) is 4.98 Å². The minimum absolute atomic E-state index is 0.281. The monoisotopic (exact) mass is 290 g/mol. The Balaban J connectivity index is 2.42. The highest BCUT2D eigenvalue weighted by molar-refractivity contribution is 9.10. The largest absolute Gasteiger partial charge is 0.338 e. The predicted octanol–water partition coefficient (Wildman–Crippen LogP) is 2.15. The van der Waals surface area contributed by atoms with Crippen LogP contribution in [0.15, 0.2) is 39.9 Å². The van der Waals surface area contributed by atoms with E-state index in [0.29, 0.717) is 21.5 Å². The average molecular weight is 291 g/mol. The molecule has 0 atom stereocenters. The normalized spacial score (nSPS) is 9.65. The van der Waals surface area contributed by atoms with Crippen molar-refractivity contribution in [2.75, 3.05) is 5.32 Å². The Morgan fingerprint density at radius 3 is 2.94 bits per heavy atom. The highest BCUT2D eigenvalue weighted by atomic mass is 79.9. The van der Waals surface area contributed by atoms with Gasteiger partial charge in [-0.15, -0.1) is 0 Å². The van der Waals surface area contributed by atoms with Crippen LogP contribution in [0.1, 0.15) is 5.56 Å². The number of aromatic nitrogens is 2. The summed E-state index contributed by atoms with van der Waals surface area (Å²) in [6, 6.07) is 9.05. The van der Waals surface area contributed by atoms with E-state index < -0.39 is 0 Å². The van der Waals surface area contributed by atoms with Crippen LogP contribution in [0.25, 0.3) is 0 Å². The van der Waals surface area contributed by atoms with Crippen molar-refractivity contribution in [1.29, 1.82) is 5.26 Å². The van der Waals surface area contributed by atoms with Crippen LogP contribution in [-0.2, 0) is 0 Å². The van der Waals surface area contributed by atoms with Gasteiger partial charge in [0.15, 0.2) is 5.82 Å². The van der Waals surface area contributed by atoms with Crippen molar-refractivity contribution in [2.45, 2.75) is 0 Å². The lowest BCUT2D eigenvalue weighted by Crippen LogP contribution is -2.10. The van der Waals surface area contributed by atoms with E-state index >= 15 is 0 Å². The Bertz CT molecular complexity index is 644. The van der Waals surface area contributed by atoms with Crippen LogP contribution in [0.4, 0.5) is 11.5 Å². The molecule has 0 saturated carbocycles. The van der Waals surface area contributed by atoms with Gasteiger partial charge in [-0.2, -0.15) is 5.26 Å². The average Bonchev–Trinajstić information content (AvgIpc) is 2.35. The van der Waals surface area contributed by atoms with Crippen molar-refractivity contribution in [2.24, 2.45) is 0 Å². The number of aromatic amines is 1. The molecular formula is C11H7BrN4O. The van der Waals surface area contributed by atoms with Gasteiger partial charge in [0.25, 0.3) is 5.56 Å². The predicted molar refractivity (Wildman–Crippen MR) is 67.0 cm³/mol. The number of H-pyrrole nitrogens is 1. The molecule has 0 unspecified atom stereocenters. The number of rotatable bonds is 2. The Hall–Kier alpha value is -2.13. The molecule has 0 saturated heterocycles. The fraction of sp³-hybridized carbons (Fsp3) is 0. The first-order chi connectivity index (χ1) is 8.22. The molecule has 0 fully saturated rings. The third-order valence-electron chi connectivity index (χ3n) is 2.10. The number of hydrogen-bond donors (Lipinski definition) is 2. The molecule has 17 heavy (non-hydrogen) atoms. The lowest BCUT2D eigenvalue weighted by atomic mass is 10.2. The second-order valence-electron chi connectivity index (χ2n) is 3.18. The van der Waals surface area contributed by atoms with Gasteiger partial charge in [0.1, 0.15) is 10.5 Å². The molecule has 0 radical (unpaired) electrons. The van der Waals surface area contributed by atoms with Crippen molar-refractivity contribution >= 4 is 27.4 Å². The van der Waals surface area contributed by atoms with Gasteiger partial charge in [0.05, 0.1) is 17.6 Å². The first-order valence-electron chi connectivity index (χ1n) is 4.71. The Morgan fingerprint density at radius 2 is 2.18 bits per heavy atom. The van der Waals surface area contributed by atoms with Crippen LogP contribution in [0.2, 0.25) is 0 Å². The summed E-state index contributed by atoms with van der Waals surface area (Å²) in [7, 11) is 0. The van der Waals surface area contributed by atoms with Gasteiger partial charge in [-0.05, 0) is 28.1 Å². The maximum Gasteiger partial charge on any atom is 0.267 e. The summed E-state index contributed by atoms with van der Waals surface area (Å²) < 4.78 is 0.299. The summed E-state index contributed by atoms with van der Waals surface area (Å²) in [5.41, 5.74) is 0.812. The summed E-state index contributed by atoms with van der Waals surface area (Å²) in [5, 5.41) is 11.9. The minimum Gasteiger partial charge on any atom is -0.338 e. The van der Waals surface area contributed by atoms with Gasteiger partial charge < -0.3 is 10.3 Å². The van der Waals surface area contributed by atoms with E-state index in [2.05, 4.69) is 37.3 Å². The smallest absolute Gasteiger partial charge is 0.267 e. The van der Waals surface area contributed by atoms with E-state index in [9.17, 15) is 4.79 Å². The molecule has 2 rings (SSSR count). The summed E-state index contributed by atoms with van der Waals surface area (Å²) in [6.07, 6.45) is 1.30. The number of hydrogen-bond acceptors (Lipinski definition) is 4. The number of nitriles is 1. The van der Waals surface area contributed by atoms with Crippen molar-refractivity contribution in [3.63, 3.8) is 0 Å². The molecule has 5 nitrogen and oxygen atoms in total. The molecule has 1 heterocycles. The third-order valence-corrected chi connectivity index (χ3v) is 2.83. The van der Waals surface area contributed by atoms with Crippen molar-refractivity contribution in [1.82, 2.24) is 9.97 Å². The zero-order valence-electron chi connectivity index (χ0n) is 8.57. The zero-order valence-corrected chi connectivity index (χ0v) is 10.2. The van der Waals surface area contributed by atoms with Crippen LogP contribution in [-0.4, -0.2) is 9.97 Å². The lowest BCUT2D eigenvalue weighted by molar-refractivity contribution is 1.10. The molecule has 1 aromatic heterocycles. The number of nitrogens with one attached hydrogen (secondary N) is 2. The molecule has 0 aliphatic carbocycles. The topological polar surface area (TPSA) is 81.6 Å². The first-order valence-corrected chi connectivity index (χ1v) is 5.51. The summed E-state index contributed by atoms with van der Waals surface area (Å²) in [5.74, 6) is 0.372. The van der Waals surface area contributed by atoms with E-state index in [1.807, 2.05) is 0 Å². The number of halogens is 1. The molecule has 2 N–H and O–H groups in total. The molecule has 2 aromatic rings. The van der Waals surface area contributed by atoms with E-state index in [1.54, 1.807) is 24.3 Å². The van der Waals surface area contributed by atoms with Gasteiger partial charge >= 0.3 is 0 Å². The summed E-state index contributed by atoms with van der Waals surface area (Å²) in [6.45, 7) is 0. The van der Waals surface area contributed by atoms with Gasteiger partial charge in [0.2, 0.25) is 0 Å². The molecule has 0 aliphatic rings. The Labute approximate surface area is 105 Å². The molecule has 6 heteroatoms. The Kier molecular flexibility index (Phi) is 3.21. The van der Waals surface area contributed by atoms with E-state index in [0.717, 1.165) is 0 Å². The highest BCUT2D eigenvalue weighted by Gasteiger charge is 2.07. The quantitative estimate of drug-likeness (QED) is 0.888. The van der Waals surface area contributed by atoms with Crippen LogP contribution in [0.5, 0.6) is 0 Å². The van der Waals surface area contributed by atoms with Gasteiger partial charge in [-0.3, -0.25) is 4.79 Å². The van der Waals surface area contributed by atoms with Crippen molar-refractivity contribution in [3.8, 4) is 6.07 Å². The van der Waals surface area contributed by atoms with Crippen LogP contribution in [0.3, 0.4) is 0 Å². The van der Waals surface area contributed by atoms with E-state index in [4.69, 9.17) is 5.26 Å². The highest BCUT2D eigenvalue weighted by Crippen LogP contribution is 2.22. The first kappa shape index (κ1) is 11.4. The number of anilines is 2. The Morgan fingerprint density at radius 1 is 1.41 bits per heavy atom. The maximum absolute atomic E-state index is 11.3. The molecule has 84 valence electrons. The third kappa shape index (κ3) is 2.34. The minimum atomic E-state index is -0.281. The van der Waals surface area contributed by atoms with E-state index in [1.165, 1.54) is 6.33 Å². The maximum atomic E-state index is 11.3. The molecule has 0 aliphatic heterocycles. The summed E-state index contributed by atoms with van der Waals surface area (Å²) >= 11 is 3.13. The second kappa shape index (κ2) is 4.80. The van der Waals surface area contributed by atoms with Gasteiger partial charge in [-0.1, -0.05) is 12.1 Å². The van der Waals surface area contributed by atoms with Crippen LogP contribution in [0, 0.1) is 11.3 Å². The fourth-order valence-corrected chi connectivity index (χ4v) is 1.60. The summed E-state index contributed by atoms with van der Waals surface area (Å²) in [4.78, 5) is 17.8. The van der Waals surface area contributed by atoms with Gasteiger partial charge in [0, 0.05) is 0 Å². The van der Waals surface area contributed by atoms with Crippen LogP contribution >= 0.6 is 15.9 Å². The van der Waals surface area contributed by atoms with Crippen molar-refractivity contribution < 1.29 is 0 Å². The zero-order chi connectivity index (χ0) is 12.3. The van der Waals surface area contributed by atoms with Crippen LogP contribution < -0.4 is 10.9 Å². The standard InChI is InChI=1S/C11H7BrN4O/c12-9-10(14-6-15-11(9)17)16-8-4-2-1-3-7(8)5-13/h1-4,6H,(H2,14,15,16,17). The number of para-hydroxylation sites is 1. The molecule has 0 bridgehead atoms. The lowest BCUT2D eigenvalue weighted by Gasteiger charge is -2.07. The fourth-order valence-electron chi connectivity index (χ4n) is 1.29. The molecule has 1 aromatic carbocycles. The SMILES string of the molecule is N#Cc1ccccc1Nc1nc[nH]c(=O)c1Br. The molecule has 0 spiro atoms. The number of benzene rings is 1. The second-order valence-corrected chi connectivity index (χ2v) is 3.97. The van der Waals surface area contributed by atoms with Crippen molar-refractivity contribution in [3.05, 3.63) is 51.0 Å². The molecule has 0 amide bonds.